The topological polar surface area (TPSA) is 220 Å². The normalized spacial score (nSPS) is 27.8. The number of fused-ring (bicyclic) bond motifs is 9. The Morgan fingerprint density at radius 1 is 0.878 bits per heavy atom. The van der Waals surface area contributed by atoms with E-state index in [9.17, 15) is 49.2 Å². The van der Waals surface area contributed by atoms with Crippen molar-refractivity contribution in [3.05, 3.63) is 61.7 Å². The number of carbonyl (C=O) groups is 6. The maximum absolute atomic E-state index is 14.3. The average Bonchev–Trinajstić information content (AvgIpc) is 3.32. The minimum Gasteiger partial charge on any atom is -0.507 e. The number of hydrogen-bond donors (Lipinski definition) is 4. The van der Waals surface area contributed by atoms with Crippen molar-refractivity contribution in [1.29, 1.82) is 0 Å². The van der Waals surface area contributed by atoms with Gasteiger partial charge in [-0.05, 0) is 31.9 Å². The lowest BCUT2D eigenvalue weighted by molar-refractivity contribution is -0.154. The Bertz CT molecular complexity index is 1990. The molecule has 7 rings (SSSR count). The van der Waals surface area contributed by atoms with Crippen molar-refractivity contribution in [2.45, 2.75) is 88.8 Å². The molecule has 14 nitrogen and oxygen atoms in total. The van der Waals surface area contributed by atoms with Gasteiger partial charge in [0, 0.05) is 47.6 Å². The Labute approximate surface area is 278 Å². The van der Waals surface area contributed by atoms with Crippen molar-refractivity contribution in [2.75, 3.05) is 7.11 Å². The molecule has 0 unspecified atom stereocenters. The van der Waals surface area contributed by atoms with E-state index in [0.29, 0.717) is 5.56 Å². The van der Waals surface area contributed by atoms with Crippen LogP contribution in [0, 0.1) is 0 Å². The second-order valence-electron chi connectivity index (χ2n) is 13.1. The number of aliphatic carboxylic acids is 1. The number of ether oxygens (including phenoxy) is 4. The molecule has 2 aromatic carbocycles. The molecule has 2 aliphatic heterocycles. The van der Waals surface area contributed by atoms with Crippen LogP contribution in [-0.2, 0) is 45.4 Å². The van der Waals surface area contributed by atoms with Gasteiger partial charge in [-0.3, -0.25) is 28.8 Å². The van der Waals surface area contributed by atoms with E-state index in [1.165, 1.54) is 14.0 Å². The van der Waals surface area contributed by atoms with Crippen molar-refractivity contribution in [3.63, 3.8) is 0 Å². The van der Waals surface area contributed by atoms with Gasteiger partial charge in [-0.1, -0.05) is 0 Å². The maximum atomic E-state index is 14.3. The fraction of sp³-hybridized carbons (Fsp3) is 0.429. The van der Waals surface area contributed by atoms with E-state index >= 15 is 0 Å². The minimum absolute atomic E-state index is 0.00443. The molecule has 2 aromatic rings. The molecule has 2 heterocycles. The van der Waals surface area contributed by atoms with E-state index in [1.807, 2.05) is 0 Å². The summed E-state index contributed by atoms with van der Waals surface area (Å²) in [6.07, 6.45) is -4.45. The van der Waals surface area contributed by atoms with Gasteiger partial charge in [-0.25, -0.2) is 0 Å². The van der Waals surface area contributed by atoms with Gasteiger partial charge in [0.1, 0.15) is 17.2 Å². The molecule has 256 valence electrons. The van der Waals surface area contributed by atoms with Crippen molar-refractivity contribution >= 4 is 35.3 Å². The Morgan fingerprint density at radius 3 is 2.16 bits per heavy atom. The molecular formula is C35H32O14. The van der Waals surface area contributed by atoms with Crippen LogP contribution in [0.4, 0.5) is 0 Å². The van der Waals surface area contributed by atoms with Crippen molar-refractivity contribution in [3.8, 4) is 17.2 Å². The lowest BCUT2D eigenvalue weighted by Crippen LogP contribution is -2.39. The largest absolute Gasteiger partial charge is 0.507 e. The predicted octanol–water partition coefficient (Wildman–Crippen LogP) is 3.19. The number of hydrogen-bond acceptors (Lipinski definition) is 13. The van der Waals surface area contributed by atoms with Crippen molar-refractivity contribution in [2.24, 2.45) is 0 Å². The number of rotatable bonds is 5. The van der Waals surface area contributed by atoms with Gasteiger partial charge in [-0.15, -0.1) is 0 Å². The SMILES string of the molecule is COC(=O)C[C@H]1Cc2cc3c(c(O)c2[C@H](C)O1)C(=O)[C@H]1C[C@@]3(OC(C)=O)c2c(O)c3c(c(O)c21)C(=O)C1=C(C[C@H](CC(=O)O)O[C@H]1C)C3=O. The number of carboxylic acids is 1. The fourth-order valence-electron chi connectivity index (χ4n) is 8.55. The third kappa shape index (κ3) is 4.46. The van der Waals surface area contributed by atoms with Gasteiger partial charge in [-0.2, -0.15) is 0 Å². The highest BCUT2D eigenvalue weighted by Gasteiger charge is 2.61. The van der Waals surface area contributed by atoms with Crippen LogP contribution in [0.3, 0.4) is 0 Å². The molecule has 0 aromatic heterocycles. The molecule has 0 fully saturated rings. The van der Waals surface area contributed by atoms with Gasteiger partial charge in [0.25, 0.3) is 0 Å². The fourth-order valence-corrected chi connectivity index (χ4v) is 8.55. The van der Waals surface area contributed by atoms with Crippen LogP contribution in [-0.4, -0.2) is 81.1 Å². The van der Waals surface area contributed by atoms with Crippen molar-refractivity contribution in [1.82, 2.24) is 0 Å². The van der Waals surface area contributed by atoms with E-state index in [4.69, 9.17) is 18.9 Å². The van der Waals surface area contributed by atoms with Crippen LogP contribution in [0.5, 0.6) is 17.2 Å². The zero-order valence-corrected chi connectivity index (χ0v) is 26.9. The van der Waals surface area contributed by atoms with E-state index in [0.717, 1.165) is 6.92 Å². The summed E-state index contributed by atoms with van der Waals surface area (Å²) < 4.78 is 22.4. The number of Topliss-reactive ketones (excluding diaryl/α,β-unsaturated/α-hetero) is 3. The summed E-state index contributed by atoms with van der Waals surface area (Å²) in [5.74, 6) is -8.24. The molecule has 0 saturated carbocycles. The number of esters is 2. The highest BCUT2D eigenvalue weighted by atomic mass is 16.6. The number of phenolic OH excluding ortho intramolecular Hbond substituents is 3. The first-order valence-electron chi connectivity index (χ1n) is 15.8. The maximum Gasteiger partial charge on any atom is 0.308 e. The van der Waals surface area contributed by atoms with E-state index < -0.39 is 106 Å². The summed E-state index contributed by atoms with van der Waals surface area (Å²) in [5.41, 5.74) is -3.27. The molecule has 14 heteroatoms. The zero-order chi connectivity index (χ0) is 35.4. The molecule has 3 aliphatic carbocycles. The summed E-state index contributed by atoms with van der Waals surface area (Å²) in [6.45, 7) is 4.21. The number of methoxy groups -OCH3 is 1. The number of aromatic hydroxyl groups is 3. The third-order valence-electron chi connectivity index (χ3n) is 10.3. The van der Waals surface area contributed by atoms with Crippen LogP contribution in [0.25, 0.3) is 0 Å². The summed E-state index contributed by atoms with van der Waals surface area (Å²) in [5, 5.41) is 44.9. The van der Waals surface area contributed by atoms with E-state index in [1.54, 1.807) is 13.0 Å². The molecule has 2 bridgehead atoms. The molecule has 5 aliphatic rings. The molecule has 0 amide bonds. The molecule has 4 N–H and O–H groups in total. The molecule has 6 atom stereocenters. The number of ketones is 3. The summed E-state index contributed by atoms with van der Waals surface area (Å²) in [6, 6.07) is 1.54. The van der Waals surface area contributed by atoms with Gasteiger partial charge >= 0.3 is 17.9 Å². The molecular weight excluding hydrogens is 644 g/mol. The van der Waals surface area contributed by atoms with Gasteiger partial charge in [0.05, 0.1) is 72.5 Å². The van der Waals surface area contributed by atoms with Crippen LogP contribution >= 0.6 is 0 Å². The Balaban J connectivity index is 1.46. The van der Waals surface area contributed by atoms with Gasteiger partial charge < -0.3 is 39.4 Å². The summed E-state index contributed by atoms with van der Waals surface area (Å²) in [4.78, 5) is 78.8. The molecule has 0 spiro atoms. The van der Waals surface area contributed by atoms with E-state index in [2.05, 4.69) is 0 Å². The highest BCUT2D eigenvalue weighted by Crippen LogP contribution is 2.65. The second-order valence-corrected chi connectivity index (χ2v) is 13.1. The Morgan fingerprint density at radius 2 is 1.51 bits per heavy atom. The van der Waals surface area contributed by atoms with Crippen LogP contribution in [0.15, 0.2) is 17.2 Å². The molecule has 0 saturated heterocycles. The second kappa shape index (κ2) is 11.0. The minimum atomic E-state index is -2.00. The zero-order valence-electron chi connectivity index (χ0n) is 26.9. The van der Waals surface area contributed by atoms with Crippen molar-refractivity contribution < 1.29 is 68.1 Å². The monoisotopic (exact) mass is 676 g/mol. The lowest BCUT2D eigenvalue weighted by atomic mass is 9.73. The number of benzene rings is 2. The summed E-state index contributed by atoms with van der Waals surface area (Å²) >= 11 is 0. The van der Waals surface area contributed by atoms with Gasteiger partial charge in [0.2, 0.25) is 0 Å². The van der Waals surface area contributed by atoms with Crippen LogP contribution in [0.2, 0.25) is 0 Å². The first-order chi connectivity index (χ1) is 23.1. The predicted molar refractivity (Wildman–Crippen MR) is 163 cm³/mol. The van der Waals surface area contributed by atoms with Crippen LogP contribution < -0.4 is 0 Å². The Hall–Kier alpha value is -5.08. The number of carbonyl (C=O) groups excluding carboxylic acids is 5. The molecule has 49 heavy (non-hydrogen) atoms. The number of carboxylic acid groups (broad SMARTS) is 1. The Kier molecular flexibility index (Phi) is 7.27. The first kappa shape index (κ1) is 32.5. The first-order valence-corrected chi connectivity index (χ1v) is 15.8. The summed E-state index contributed by atoms with van der Waals surface area (Å²) in [7, 11) is 1.24. The quantitative estimate of drug-likeness (QED) is 0.264. The van der Waals surface area contributed by atoms with Crippen LogP contribution in [0.1, 0.15) is 117 Å². The average molecular weight is 677 g/mol. The highest BCUT2D eigenvalue weighted by molar-refractivity contribution is 6.30. The number of phenols is 3. The van der Waals surface area contributed by atoms with Gasteiger partial charge in [0.15, 0.2) is 23.0 Å². The lowest BCUT2D eigenvalue weighted by Gasteiger charge is -2.39. The standard InChI is InChI=1S/C35H32O14/c1-11-22-14(5-15(47-11)9-21(39)46-4)6-19-25(31(22)42)30(41)18-10-35(19,49-13(3)36)28-24(18)33(44)27-26(34(28)45)29(40)17-7-16(8-20(37)38)48-12(2)23(17)32(27)43/h6,11-12,15-16,18,42,44-45H,5,7-10H2,1-4H3,(H,37,38)/t11-,12-,15+,16+,18-,35-/m0/s1. The smallest absolute Gasteiger partial charge is 0.308 e. The molecule has 0 radical (unpaired) electrons. The van der Waals surface area contributed by atoms with E-state index in [-0.39, 0.29) is 64.6 Å². The third-order valence-corrected chi connectivity index (χ3v) is 10.3.